The van der Waals surface area contributed by atoms with E-state index < -0.39 is 0 Å². The van der Waals surface area contributed by atoms with E-state index in [1.165, 1.54) is 0 Å². The summed E-state index contributed by atoms with van der Waals surface area (Å²) in [4.78, 5) is 13.3. The van der Waals surface area contributed by atoms with Crippen LogP contribution in [0.2, 0.25) is 0 Å². The quantitative estimate of drug-likeness (QED) is 0.684. The van der Waals surface area contributed by atoms with E-state index >= 15 is 0 Å². The van der Waals surface area contributed by atoms with E-state index in [9.17, 15) is 4.79 Å². The topological polar surface area (TPSA) is 32.3 Å². The van der Waals surface area contributed by atoms with Crippen LogP contribution in [-0.2, 0) is 4.79 Å². The lowest BCUT2D eigenvalue weighted by atomic mass is 10.2. The van der Waals surface area contributed by atoms with Crippen LogP contribution in [0, 0.1) is 5.92 Å². The van der Waals surface area contributed by atoms with Gasteiger partial charge >= 0.3 is 0 Å². The molecule has 0 aromatic carbocycles. The van der Waals surface area contributed by atoms with Crippen LogP contribution in [0.25, 0.3) is 0 Å². The first kappa shape index (κ1) is 13.8. The summed E-state index contributed by atoms with van der Waals surface area (Å²) in [6.45, 7) is 6.81. The molecule has 0 saturated heterocycles. The van der Waals surface area contributed by atoms with E-state index in [0.29, 0.717) is 5.37 Å². The fourth-order valence-electron chi connectivity index (χ4n) is 1.00. The third-order valence-electron chi connectivity index (χ3n) is 2.07. The van der Waals surface area contributed by atoms with Gasteiger partial charge in [0.25, 0.3) is 0 Å². The first-order valence-electron chi connectivity index (χ1n) is 5.02. The summed E-state index contributed by atoms with van der Waals surface area (Å²) in [6, 6.07) is 0. The summed E-state index contributed by atoms with van der Waals surface area (Å²) < 4.78 is 0. The lowest BCUT2D eigenvalue weighted by Gasteiger charge is -2.20. The fourth-order valence-corrected chi connectivity index (χ4v) is 1.90. The number of hydrogen-bond acceptors (Lipinski definition) is 3. The summed E-state index contributed by atoms with van der Waals surface area (Å²) in [5, 5.41) is 3.61. The largest absolute Gasteiger partial charge is 0.345 e. The molecule has 0 heterocycles. The van der Waals surface area contributed by atoms with E-state index in [0.717, 1.165) is 12.3 Å². The second-order valence-corrected chi connectivity index (χ2v) is 5.16. The molecule has 1 unspecified atom stereocenters. The van der Waals surface area contributed by atoms with Gasteiger partial charge in [-0.05, 0) is 14.0 Å². The molecule has 0 spiro atoms. The first-order valence-corrected chi connectivity index (χ1v) is 6.07. The zero-order valence-electron chi connectivity index (χ0n) is 9.83. The number of rotatable bonds is 6. The maximum Gasteiger partial charge on any atom is 0.224 e. The van der Waals surface area contributed by atoms with Crippen LogP contribution >= 0.6 is 11.8 Å². The zero-order valence-corrected chi connectivity index (χ0v) is 10.6. The molecule has 0 bridgehead atoms. The Bertz CT molecular complexity index is 174. The van der Waals surface area contributed by atoms with Gasteiger partial charge in [-0.2, -0.15) is 0 Å². The third kappa shape index (κ3) is 5.50. The molecule has 0 aliphatic carbocycles. The molecular weight excluding hydrogens is 196 g/mol. The van der Waals surface area contributed by atoms with Crippen molar-refractivity contribution in [2.75, 3.05) is 26.4 Å². The molecule has 0 aliphatic heterocycles. The number of thioether (sulfide) groups is 1. The van der Waals surface area contributed by atoms with E-state index in [-0.39, 0.29) is 11.8 Å². The number of hydrogen-bond donors (Lipinski definition) is 1. The van der Waals surface area contributed by atoms with Crippen LogP contribution in [0.4, 0.5) is 0 Å². The second kappa shape index (κ2) is 7.12. The molecule has 0 aromatic heterocycles. The van der Waals surface area contributed by atoms with Crippen molar-refractivity contribution in [3.05, 3.63) is 0 Å². The summed E-state index contributed by atoms with van der Waals surface area (Å²) in [6.07, 6.45) is 0. The van der Waals surface area contributed by atoms with Gasteiger partial charge in [0.1, 0.15) is 0 Å². The Morgan fingerprint density at radius 2 is 2.00 bits per heavy atom. The first-order chi connectivity index (χ1) is 6.49. The molecule has 84 valence electrons. The van der Waals surface area contributed by atoms with E-state index in [1.54, 1.807) is 4.90 Å². The highest BCUT2D eigenvalue weighted by Gasteiger charge is 2.12. The van der Waals surface area contributed by atoms with Crippen LogP contribution in [0.1, 0.15) is 20.8 Å². The fraction of sp³-hybridized carbons (Fsp3) is 0.900. The van der Waals surface area contributed by atoms with Gasteiger partial charge in [0.2, 0.25) is 5.91 Å². The van der Waals surface area contributed by atoms with E-state index in [1.807, 2.05) is 39.7 Å². The summed E-state index contributed by atoms with van der Waals surface area (Å²) in [5.74, 6) is 1.31. The number of carbonyl (C=O) groups excluding carboxylic acids is 1. The van der Waals surface area contributed by atoms with Crippen molar-refractivity contribution in [3.8, 4) is 0 Å². The van der Waals surface area contributed by atoms with Gasteiger partial charge in [-0.1, -0.05) is 13.8 Å². The summed E-state index contributed by atoms with van der Waals surface area (Å²) in [7, 11) is 3.81. The second-order valence-electron chi connectivity index (χ2n) is 3.72. The van der Waals surface area contributed by atoms with Crippen molar-refractivity contribution in [3.63, 3.8) is 0 Å². The molecule has 14 heavy (non-hydrogen) atoms. The highest BCUT2D eigenvalue weighted by molar-refractivity contribution is 7.99. The minimum absolute atomic E-state index is 0.103. The summed E-state index contributed by atoms with van der Waals surface area (Å²) in [5.41, 5.74) is 0. The third-order valence-corrected chi connectivity index (χ3v) is 3.23. The van der Waals surface area contributed by atoms with Crippen molar-refractivity contribution in [2.45, 2.75) is 26.1 Å². The molecule has 0 aromatic rings. The number of nitrogens with zero attached hydrogens (tertiary/aromatic N) is 1. The van der Waals surface area contributed by atoms with Gasteiger partial charge in [-0.25, -0.2) is 0 Å². The summed E-state index contributed by atoms with van der Waals surface area (Å²) >= 11 is 1.83. The predicted octanol–water partition coefficient (Wildman–Crippen LogP) is 1.40. The predicted molar refractivity (Wildman–Crippen MR) is 63.5 cm³/mol. The SMILES string of the molecule is CNC(C)SCCN(C)C(=O)C(C)C. The van der Waals surface area contributed by atoms with Crippen molar-refractivity contribution in [1.29, 1.82) is 0 Å². The standard InChI is InChI=1S/C10H22N2OS/c1-8(2)10(13)12(5)6-7-14-9(3)11-4/h8-9,11H,6-7H2,1-5H3. The van der Waals surface area contributed by atoms with Crippen LogP contribution in [0.3, 0.4) is 0 Å². The lowest BCUT2D eigenvalue weighted by Crippen LogP contribution is -2.33. The van der Waals surface area contributed by atoms with Crippen LogP contribution < -0.4 is 5.32 Å². The van der Waals surface area contributed by atoms with Crippen molar-refractivity contribution < 1.29 is 4.79 Å². The Labute approximate surface area is 91.6 Å². The normalized spacial score (nSPS) is 13.0. The van der Waals surface area contributed by atoms with Crippen LogP contribution in [-0.4, -0.2) is 42.6 Å². The molecule has 0 saturated carbocycles. The van der Waals surface area contributed by atoms with Crippen LogP contribution in [0.5, 0.6) is 0 Å². The van der Waals surface area contributed by atoms with Gasteiger partial charge in [0.05, 0.1) is 5.37 Å². The molecule has 0 rings (SSSR count). The highest BCUT2D eigenvalue weighted by atomic mass is 32.2. The number of amides is 1. The smallest absolute Gasteiger partial charge is 0.224 e. The van der Waals surface area contributed by atoms with Crippen molar-refractivity contribution >= 4 is 17.7 Å². The minimum atomic E-state index is 0.103. The van der Waals surface area contributed by atoms with Gasteiger partial charge in [0, 0.05) is 25.3 Å². The minimum Gasteiger partial charge on any atom is -0.345 e. The molecule has 0 radical (unpaired) electrons. The molecule has 3 nitrogen and oxygen atoms in total. The molecule has 4 heteroatoms. The molecule has 1 amide bonds. The van der Waals surface area contributed by atoms with Crippen molar-refractivity contribution in [2.24, 2.45) is 5.92 Å². The highest BCUT2D eigenvalue weighted by Crippen LogP contribution is 2.07. The van der Waals surface area contributed by atoms with Crippen LogP contribution in [0.15, 0.2) is 0 Å². The molecular formula is C10H22N2OS. The average Bonchev–Trinajstić information content (AvgIpc) is 2.15. The van der Waals surface area contributed by atoms with Gasteiger partial charge in [-0.15, -0.1) is 11.8 Å². The number of nitrogens with one attached hydrogen (secondary N) is 1. The number of carbonyl (C=O) groups is 1. The molecule has 0 aliphatic rings. The molecule has 1 atom stereocenters. The maximum atomic E-state index is 11.5. The van der Waals surface area contributed by atoms with Gasteiger partial charge < -0.3 is 10.2 Å². The van der Waals surface area contributed by atoms with E-state index in [4.69, 9.17) is 0 Å². The molecule has 1 N–H and O–H groups in total. The van der Waals surface area contributed by atoms with E-state index in [2.05, 4.69) is 12.2 Å². The molecule has 0 fully saturated rings. The Kier molecular flexibility index (Phi) is 7.01. The maximum absolute atomic E-state index is 11.5. The Morgan fingerprint density at radius 3 is 2.43 bits per heavy atom. The van der Waals surface area contributed by atoms with Gasteiger partial charge in [-0.3, -0.25) is 4.79 Å². The Morgan fingerprint density at radius 1 is 1.43 bits per heavy atom. The van der Waals surface area contributed by atoms with Crippen molar-refractivity contribution in [1.82, 2.24) is 10.2 Å². The van der Waals surface area contributed by atoms with Gasteiger partial charge in [0.15, 0.2) is 0 Å². The Hall–Kier alpha value is -0.220. The Balaban J connectivity index is 3.63. The zero-order chi connectivity index (χ0) is 11.1. The average molecular weight is 218 g/mol. The lowest BCUT2D eigenvalue weighted by molar-refractivity contribution is -0.132. The monoisotopic (exact) mass is 218 g/mol.